The molecule has 0 bridgehead atoms. The summed E-state index contributed by atoms with van der Waals surface area (Å²) in [6, 6.07) is 7.38. The number of rotatable bonds is 3. The quantitative estimate of drug-likeness (QED) is 0.806. The molecule has 1 aliphatic rings. The van der Waals surface area contributed by atoms with Gasteiger partial charge in [0.05, 0.1) is 5.56 Å². The first kappa shape index (κ1) is 16.5. The Hall–Kier alpha value is -1.84. The van der Waals surface area contributed by atoms with Crippen LogP contribution in [0.25, 0.3) is 0 Å². The summed E-state index contributed by atoms with van der Waals surface area (Å²) in [7, 11) is 0. The second kappa shape index (κ2) is 6.95. The lowest BCUT2D eigenvalue weighted by atomic mass is 9.87. The SMILES string of the molecule is CC(C)(C)c1ccc(C(=O)OCC(=O)N2CCCCC2)cc1. The zero-order valence-electron chi connectivity index (χ0n) is 13.7. The van der Waals surface area contributed by atoms with Crippen molar-refractivity contribution in [1.29, 1.82) is 0 Å². The number of ether oxygens (including phenoxy) is 1. The van der Waals surface area contributed by atoms with Gasteiger partial charge in [0, 0.05) is 13.1 Å². The van der Waals surface area contributed by atoms with Crippen molar-refractivity contribution in [2.75, 3.05) is 19.7 Å². The molecule has 0 aliphatic carbocycles. The number of likely N-dealkylation sites (tertiary alicyclic amines) is 1. The second-order valence-corrected chi connectivity index (χ2v) is 6.84. The van der Waals surface area contributed by atoms with E-state index in [1.807, 2.05) is 12.1 Å². The fourth-order valence-electron chi connectivity index (χ4n) is 2.55. The largest absolute Gasteiger partial charge is 0.452 e. The van der Waals surface area contributed by atoms with Crippen LogP contribution in [0, 0.1) is 0 Å². The molecule has 4 heteroatoms. The molecule has 2 rings (SSSR count). The van der Waals surface area contributed by atoms with Gasteiger partial charge in [-0.2, -0.15) is 0 Å². The van der Waals surface area contributed by atoms with E-state index < -0.39 is 5.97 Å². The third kappa shape index (κ3) is 4.33. The maximum atomic E-state index is 12.0. The summed E-state index contributed by atoms with van der Waals surface area (Å²) < 4.78 is 5.14. The van der Waals surface area contributed by atoms with Crippen molar-refractivity contribution in [3.63, 3.8) is 0 Å². The Bertz CT molecular complexity index is 522. The molecule has 0 atom stereocenters. The van der Waals surface area contributed by atoms with Crippen LogP contribution >= 0.6 is 0 Å². The number of nitrogens with zero attached hydrogens (tertiary/aromatic N) is 1. The van der Waals surface area contributed by atoms with E-state index in [1.54, 1.807) is 17.0 Å². The lowest BCUT2D eigenvalue weighted by molar-refractivity contribution is -0.135. The molecule has 0 unspecified atom stereocenters. The number of benzene rings is 1. The Morgan fingerprint density at radius 2 is 1.64 bits per heavy atom. The van der Waals surface area contributed by atoms with Gasteiger partial charge < -0.3 is 9.64 Å². The summed E-state index contributed by atoms with van der Waals surface area (Å²) in [4.78, 5) is 25.7. The van der Waals surface area contributed by atoms with Crippen LogP contribution in [0.3, 0.4) is 0 Å². The van der Waals surface area contributed by atoms with Gasteiger partial charge in [0.15, 0.2) is 6.61 Å². The molecule has 1 saturated heterocycles. The van der Waals surface area contributed by atoms with E-state index >= 15 is 0 Å². The van der Waals surface area contributed by atoms with Crippen molar-refractivity contribution in [3.8, 4) is 0 Å². The predicted octanol–water partition coefficient (Wildman–Crippen LogP) is 3.15. The van der Waals surface area contributed by atoms with E-state index in [4.69, 9.17) is 4.74 Å². The first-order chi connectivity index (χ1) is 10.4. The molecular formula is C18H25NO3. The summed E-state index contributed by atoms with van der Waals surface area (Å²) >= 11 is 0. The van der Waals surface area contributed by atoms with Crippen molar-refractivity contribution in [2.24, 2.45) is 0 Å². The first-order valence-corrected chi connectivity index (χ1v) is 7.93. The number of esters is 1. The fourth-order valence-corrected chi connectivity index (χ4v) is 2.55. The van der Waals surface area contributed by atoms with Gasteiger partial charge in [-0.05, 0) is 42.4 Å². The highest BCUT2D eigenvalue weighted by Crippen LogP contribution is 2.22. The van der Waals surface area contributed by atoms with Crippen LogP contribution in [0.15, 0.2) is 24.3 Å². The van der Waals surface area contributed by atoms with Gasteiger partial charge in [-0.3, -0.25) is 4.79 Å². The molecule has 1 aromatic rings. The fraction of sp³-hybridized carbons (Fsp3) is 0.556. The van der Waals surface area contributed by atoms with Gasteiger partial charge in [0.1, 0.15) is 0 Å². The Morgan fingerprint density at radius 1 is 1.05 bits per heavy atom. The molecule has 1 aromatic carbocycles. The molecule has 1 aliphatic heterocycles. The highest BCUT2D eigenvalue weighted by Gasteiger charge is 2.19. The van der Waals surface area contributed by atoms with E-state index in [0.29, 0.717) is 5.56 Å². The summed E-state index contributed by atoms with van der Waals surface area (Å²) in [5, 5.41) is 0. The first-order valence-electron chi connectivity index (χ1n) is 7.93. The van der Waals surface area contributed by atoms with Crippen LogP contribution in [-0.2, 0) is 14.9 Å². The average molecular weight is 303 g/mol. The van der Waals surface area contributed by atoms with Gasteiger partial charge in [0.2, 0.25) is 0 Å². The van der Waals surface area contributed by atoms with Crippen LogP contribution in [0.2, 0.25) is 0 Å². The lowest BCUT2D eigenvalue weighted by Crippen LogP contribution is -2.38. The molecule has 0 saturated carbocycles. The maximum absolute atomic E-state index is 12.0. The number of hydrogen-bond donors (Lipinski definition) is 0. The Balaban J connectivity index is 1.88. The van der Waals surface area contributed by atoms with Gasteiger partial charge in [-0.15, -0.1) is 0 Å². The molecule has 0 spiro atoms. The highest BCUT2D eigenvalue weighted by molar-refractivity contribution is 5.91. The van der Waals surface area contributed by atoms with Crippen molar-refractivity contribution in [3.05, 3.63) is 35.4 Å². The molecule has 22 heavy (non-hydrogen) atoms. The molecule has 4 nitrogen and oxygen atoms in total. The van der Waals surface area contributed by atoms with Gasteiger partial charge in [-0.1, -0.05) is 32.9 Å². The van der Waals surface area contributed by atoms with Crippen molar-refractivity contribution in [1.82, 2.24) is 4.90 Å². The Kier molecular flexibility index (Phi) is 5.22. The Labute approximate surface area is 132 Å². The number of carbonyl (C=O) groups excluding carboxylic acids is 2. The van der Waals surface area contributed by atoms with Crippen molar-refractivity contribution < 1.29 is 14.3 Å². The van der Waals surface area contributed by atoms with E-state index in [-0.39, 0.29) is 17.9 Å². The van der Waals surface area contributed by atoms with Gasteiger partial charge >= 0.3 is 5.97 Å². The van der Waals surface area contributed by atoms with Gasteiger partial charge in [-0.25, -0.2) is 4.79 Å². The zero-order chi connectivity index (χ0) is 16.2. The smallest absolute Gasteiger partial charge is 0.338 e. The van der Waals surface area contributed by atoms with E-state index in [1.165, 1.54) is 6.42 Å². The molecule has 1 amide bonds. The van der Waals surface area contributed by atoms with E-state index in [9.17, 15) is 9.59 Å². The summed E-state index contributed by atoms with van der Waals surface area (Å²) in [6.45, 7) is 7.75. The van der Waals surface area contributed by atoms with Crippen molar-refractivity contribution >= 4 is 11.9 Å². The average Bonchev–Trinajstić information content (AvgIpc) is 2.52. The van der Waals surface area contributed by atoms with E-state index in [0.717, 1.165) is 31.5 Å². The Morgan fingerprint density at radius 3 is 2.18 bits per heavy atom. The minimum Gasteiger partial charge on any atom is -0.452 e. The van der Waals surface area contributed by atoms with Crippen LogP contribution in [0.5, 0.6) is 0 Å². The summed E-state index contributed by atoms with van der Waals surface area (Å²) in [5.41, 5.74) is 1.69. The van der Waals surface area contributed by atoms with Crippen molar-refractivity contribution in [2.45, 2.75) is 45.4 Å². The van der Waals surface area contributed by atoms with Gasteiger partial charge in [0.25, 0.3) is 5.91 Å². The molecular weight excluding hydrogens is 278 g/mol. The third-order valence-electron chi connectivity index (χ3n) is 4.02. The normalized spacial score (nSPS) is 15.5. The minimum atomic E-state index is -0.439. The third-order valence-corrected chi connectivity index (χ3v) is 4.02. The summed E-state index contributed by atoms with van der Waals surface area (Å²) in [5.74, 6) is -0.537. The molecule has 0 aromatic heterocycles. The van der Waals surface area contributed by atoms with E-state index in [2.05, 4.69) is 20.8 Å². The number of hydrogen-bond acceptors (Lipinski definition) is 3. The minimum absolute atomic E-state index is 0.0483. The maximum Gasteiger partial charge on any atom is 0.338 e. The molecule has 0 N–H and O–H groups in total. The predicted molar refractivity (Wildman–Crippen MR) is 85.9 cm³/mol. The molecule has 0 radical (unpaired) electrons. The van der Waals surface area contributed by atoms with Crippen LogP contribution in [-0.4, -0.2) is 36.5 Å². The highest BCUT2D eigenvalue weighted by atomic mass is 16.5. The van der Waals surface area contributed by atoms with Crippen LogP contribution in [0.1, 0.15) is 56.0 Å². The summed E-state index contributed by atoms with van der Waals surface area (Å²) in [6.07, 6.45) is 3.24. The topological polar surface area (TPSA) is 46.6 Å². The molecule has 1 fully saturated rings. The van der Waals surface area contributed by atoms with Crippen LogP contribution in [0.4, 0.5) is 0 Å². The van der Waals surface area contributed by atoms with Crippen LogP contribution < -0.4 is 0 Å². The molecule has 120 valence electrons. The lowest BCUT2D eigenvalue weighted by Gasteiger charge is -2.26. The molecule has 1 heterocycles. The number of piperidine rings is 1. The second-order valence-electron chi connectivity index (χ2n) is 6.84. The zero-order valence-corrected chi connectivity index (χ0v) is 13.7. The number of amides is 1. The standard InChI is InChI=1S/C18H25NO3/c1-18(2,3)15-9-7-14(8-10-15)17(21)22-13-16(20)19-11-5-4-6-12-19/h7-10H,4-6,11-13H2,1-3H3. The monoisotopic (exact) mass is 303 g/mol. The number of carbonyl (C=O) groups is 2.